The first-order chi connectivity index (χ1) is 14.3. The molecule has 152 valence electrons. The number of anilines is 1. The van der Waals surface area contributed by atoms with Gasteiger partial charge in [-0.15, -0.1) is 0 Å². The Morgan fingerprint density at radius 2 is 1.83 bits per heavy atom. The number of benzene rings is 2. The van der Waals surface area contributed by atoms with Gasteiger partial charge in [0.2, 0.25) is 5.91 Å². The van der Waals surface area contributed by atoms with Gasteiger partial charge in [0.1, 0.15) is 16.8 Å². The second kappa shape index (κ2) is 9.35. The highest BCUT2D eigenvalue weighted by Crippen LogP contribution is 2.41. The van der Waals surface area contributed by atoms with Crippen LogP contribution in [0.15, 0.2) is 36.4 Å². The van der Waals surface area contributed by atoms with Gasteiger partial charge in [-0.05, 0) is 36.2 Å². The lowest BCUT2D eigenvalue weighted by atomic mass is 9.84. The summed E-state index contributed by atoms with van der Waals surface area (Å²) in [5, 5.41) is 2.98. The number of carbonyl (C=O) groups excluding carboxylic acids is 1. The molecule has 0 saturated carbocycles. The minimum absolute atomic E-state index is 0.0148. The van der Waals surface area contributed by atoms with Crippen LogP contribution in [0.4, 0.5) is 5.69 Å². The number of aromatic nitrogens is 2. The molecule has 1 aliphatic rings. The fourth-order valence-electron chi connectivity index (χ4n) is 3.98. The van der Waals surface area contributed by atoms with Crippen LogP contribution in [0.2, 0.25) is 0 Å². The van der Waals surface area contributed by atoms with Crippen LogP contribution in [0.3, 0.4) is 0 Å². The third-order valence-electron chi connectivity index (χ3n) is 5.53. The van der Waals surface area contributed by atoms with E-state index in [1.165, 1.54) is 43.8 Å². The molecule has 4 rings (SSSR count). The van der Waals surface area contributed by atoms with Crippen molar-refractivity contribution in [1.82, 2.24) is 8.75 Å². The average molecular weight is 410 g/mol. The van der Waals surface area contributed by atoms with Crippen LogP contribution in [-0.4, -0.2) is 21.3 Å². The summed E-state index contributed by atoms with van der Waals surface area (Å²) in [4.78, 5) is 12.3. The minimum atomic E-state index is -0.0148. The second-order valence-corrected chi connectivity index (χ2v) is 8.18. The van der Waals surface area contributed by atoms with E-state index in [2.05, 4.69) is 33.1 Å². The molecule has 0 spiro atoms. The van der Waals surface area contributed by atoms with Crippen LogP contribution in [0, 0.1) is 0 Å². The zero-order chi connectivity index (χ0) is 20.1. The summed E-state index contributed by atoms with van der Waals surface area (Å²) in [6.07, 6.45) is 7.96. The number of hydrogen-bond donors (Lipinski definition) is 1. The van der Waals surface area contributed by atoms with E-state index in [1.54, 1.807) is 0 Å². The highest BCUT2D eigenvalue weighted by molar-refractivity contribution is 7.00. The Hall–Kier alpha value is -2.47. The topological polar surface area (TPSA) is 64.1 Å². The van der Waals surface area contributed by atoms with Crippen molar-refractivity contribution in [2.45, 2.75) is 57.8 Å². The Bertz CT molecular complexity index is 968. The number of nitrogens with zero attached hydrogens (tertiary/aromatic N) is 2. The number of amides is 1. The molecular weight excluding hydrogens is 382 g/mol. The molecule has 2 aromatic carbocycles. The molecule has 1 amide bonds. The molecule has 0 radical (unpaired) electrons. The predicted octanol–water partition coefficient (Wildman–Crippen LogP) is 5.90. The van der Waals surface area contributed by atoms with Gasteiger partial charge in [0, 0.05) is 23.6 Å². The lowest BCUT2D eigenvalue weighted by Gasteiger charge is -2.26. The van der Waals surface area contributed by atoms with Crippen molar-refractivity contribution in [2.24, 2.45) is 0 Å². The first-order valence-electron chi connectivity index (χ1n) is 10.5. The van der Waals surface area contributed by atoms with Gasteiger partial charge in [0.25, 0.3) is 0 Å². The lowest BCUT2D eigenvalue weighted by Crippen LogP contribution is -2.23. The maximum absolute atomic E-state index is 12.3. The van der Waals surface area contributed by atoms with Gasteiger partial charge in [-0.3, -0.25) is 4.79 Å². The molecule has 1 atom stereocenters. The Morgan fingerprint density at radius 3 is 2.66 bits per heavy atom. The fraction of sp³-hybridized carbons (Fsp3) is 0.435. The van der Waals surface area contributed by atoms with Crippen molar-refractivity contribution in [1.29, 1.82) is 0 Å². The van der Waals surface area contributed by atoms with Crippen LogP contribution in [0.25, 0.3) is 11.0 Å². The normalized spacial score (nSPS) is 15.9. The number of rotatable bonds is 9. The molecule has 29 heavy (non-hydrogen) atoms. The van der Waals surface area contributed by atoms with Crippen LogP contribution >= 0.6 is 11.7 Å². The first kappa shape index (κ1) is 19.8. The molecule has 3 aromatic rings. The largest absolute Gasteiger partial charge is 0.494 e. The smallest absolute Gasteiger partial charge is 0.225 e. The van der Waals surface area contributed by atoms with Crippen molar-refractivity contribution in [2.75, 3.05) is 11.9 Å². The number of unbranched alkanes of at least 4 members (excludes halogenated alkanes) is 5. The Balaban J connectivity index is 1.43. The Kier molecular flexibility index (Phi) is 6.39. The summed E-state index contributed by atoms with van der Waals surface area (Å²) in [7, 11) is 0. The zero-order valence-electron chi connectivity index (χ0n) is 16.8. The molecule has 1 aliphatic heterocycles. The molecule has 0 fully saturated rings. The number of ether oxygens (including phenoxy) is 1. The van der Waals surface area contributed by atoms with Gasteiger partial charge in [-0.25, -0.2) is 0 Å². The van der Waals surface area contributed by atoms with E-state index >= 15 is 0 Å². The van der Waals surface area contributed by atoms with Crippen LogP contribution < -0.4 is 10.1 Å². The SMILES string of the molecule is CCCCCCCCOc1ccc(C2CC(=O)Nc3ccc4nsnc4c32)cc1. The molecule has 5 nitrogen and oxygen atoms in total. The third-order valence-corrected chi connectivity index (χ3v) is 6.07. The van der Waals surface area contributed by atoms with Crippen molar-refractivity contribution < 1.29 is 9.53 Å². The van der Waals surface area contributed by atoms with Gasteiger partial charge in [-0.2, -0.15) is 8.75 Å². The van der Waals surface area contributed by atoms with Gasteiger partial charge in [0.05, 0.1) is 18.3 Å². The summed E-state index contributed by atoms with van der Waals surface area (Å²) >= 11 is 1.21. The van der Waals surface area contributed by atoms with E-state index in [0.29, 0.717) is 6.42 Å². The van der Waals surface area contributed by atoms with E-state index in [-0.39, 0.29) is 11.8 Å². The summed E-state index contributed by atoms with van der Waals surface area (Å²) in [6.45, 7) is 2.99. The van der Waals surface area contributed by atoms with Crippen molar-refractivity contribution >= 4 is 34.4 Å². The Labute approximate surface area is 175 Å². The number of carbonyl (C=O) groups is 1. The molecule has 6 heteroatoms. The highest BCUT2D eigenvalue weighted by Gasteiger charge is 2.29. The molecular formula is C23H27N3O2S. The number of nitrogens with one attached hydrogen (secondary N) is 1. The average Bonchev–Trinajstić information content (AvgIpc) is 3.22. The molecule has 0 bridgehead atoms. The number of fused-ring (bicyclic) bond motifs is 3. The number of hydrogen-bond acceptors (Lipinski definition) is 5. The molecule has 0 aliphatic carbocycles. The minimum Gasteiger partial charge on any atom is -0.494 e. The van der Waals surface area contributed by atoms with E-state index in [4.69, 9.17) is 4.74 Å². The molecule has 1 N–H and O–H groups in total. The lowest BCUT2D eigenvalue weighted by molar-refractivity contribution is -0.116. The summed E-state index contributed by atoms with van der Waals surface area (Å²) < 4.78 is 14.7. The van der Waals surface area contributed by atoms with Gasteiger partial charge < -0.3 is 10.1 Å². The van der Waals surface area contributed by atoms with Gasteiger partial charge >= 0.3 is 0 Å². The summed E-state index contributed by atoms with van der Waals surface area (Å²) in [5.41, 5.74) is 4.79. The monoisotopic (exact) mass is 409 g/mol. The highest BCUT2D eigenvalue weighted by atomic mass is 32.1. The van der Waals surface area contributed by atoms with Gasteiger partial charge in [0.15, 0.2) is 0 Å². The molecule has 0 saturated heterocycles. The zero-order valence-corrected chi connectivity index (χ0v) is 17.6. The molecule has 1 aromatic heterocycles. The first-order valence-corrected chi connectivity index (χ1v) is 11.3. The standard InChI is InChI=1S/C23H27N3O2S/c1-2-3-4-5-6-7-14-28-17-10-8-16(9-11-17)18-15-21(27)24-19-12-13-20-23(22(18)19)26-29-25-20/h8-13,18H,2-7,14-15H2,1H3,(H,24,27). The van der Waals surface area contributed by atoms with Gasteiger partial charge in [-0.1, -0.05) is 51.2 Å². The van der Waals surface area contributed by atoms with Crippen molar-refractivity contribution in [3.8, 4) is 5.75 Å². The predicted molar refractivity (Wildman–Crippen MR) is 118 cm³/mol. The summed E-state index contributed by atoms with van der Waals surface area (Å²) in [6, 6.07) is 12.0. The van der Waals surface area contributed by atoms with E-state index < -0.39 is 0 Å². The van der Waals surface area contributed by atoms with Crippen molar-refractivity contribution in [3.05, 3.63) is 47.5 Å². The van der Waals surface area contributed by atoms with Crippen LogP contribution in [0.1, 0.15) is 68.9 Å². The summed E-state index contributed by atoms with van der Waals surface area (Å²) in [5.74, 6) is 0.906. The van der Waals surface area contributed by atoms with E-state index in [1.807, 2.05) is 24.3 Å². The molecule has 2 heterocycles. The van der Waals surface area contributed by atoms with E-state index in [0.717, 1.165) is 46.6 Å². The van der Waals surface area contributed by atoms with Crippen LogP contribution in [0.5, 0.6) is 5.75 Å². The third kappa shape index (κ3) is 4.58. The quantitative estimate of drug-likeness (QED) is 0.447. The fourth-order valence-corrected chi connectivity index (χ4v) is 4.52. The second-order valence-electron chi connectivity index (χ2n) is 7.65. The maximum atomic E-state index is 12.3. The maximum Gasteiger partial charge on any atom is 0.225 e. The van der Waals surface area contributed by atoms with E-state index in [9.17, 15) is 4.79 Å². The van der Waals surface area contributed by atoms with Crippen molar-refractivity contribution in [3.63, 3.8) is 0 Å². The van der Waals surface area contributed by atoms with Crippen LogP contribution in [-0.2, 0) is 4.79 Å². The molecule has 1 unspecified atom stereocenters. The Morgan fingerprint density at radius 1 is 1.03 bits per heavy atom.